The van der Waals surface area contributed by atoms with Crippen LogP contribution >= 0.6 is 12.4 Å². The van der Waals surface area contributed by atoms with Crippen LogP contribution in [0, 0.1) is 24.0 Å². The lowest BCUT2D eigenvalue weighted by atomic mass is 9.79. The number of benzene rings is 2. The molecular weight excluding hydrogens is 398 g/mol. The van der Waals surface area contributed by atoms with Crippen molar-refractivity contribution in [3.05, 3.63) is 59.2 Å². The molecule has 0 unspecified atom stereocenters. The van der Waals surface area contributed by atoms with E-state index >= 15 is 0 Å². The van der Waals surface area contributed by atoms with Crippen molar-refractivity contribution in [3.8, 4) is 11.1 Å². The Kier molecular flexibility index (Phi) is 8.14. The van der Waals surface area contributed by atoms with Gasteiger partial charge in [0, 0.05) is 30.2 Å². The Bertz CT molecular complexity index is 849. The van der Waals surface area contributed by atoms with Crippen molar-refractivity contribution in [1.29, 1.82) is 0 Å². The van der Waals surface area contributed by atoms with E-state index in [-0.39, 0.29) is 35.1 Å². The van der Waals surface area contributed by atoms with Crippen LogP contribution in [0.1, 0.15) is 28.8 Å². The molecule has 1 amide bonds. The molecule has 7 heteroatoms. The highest BCUT2D eigenvalue weighted by atomic mass is 35.5. The molecule has 1 saturated heterocycles. The monoisotopic (exact) mass is 424 g/mol. The molecular formula is C22H27ClF2N2O2. The van der Waals surface area contributed by atoms with Gasteiger partial charge in [-0.25, -0.2) is 8.78 Å². The summed E-state index contributed by atoms with van der Waals surface area (Å²) >= 11 is 0. The molecule has 3 rings (SSSR count). The lowest BCUT2D eigenvalue weighted by Crippen LogP contribution is -2.47. The van der Waals surface area contributed by atoms with E-state index in [1.807, 2.05) is 0 Å². The van der Waals surface area contributed by atoms with Crippen LogP contribution in [0.3, 0.4) is 0 Å². The van der Waals surface area contributed by atoms with Gasteiger partial charge >= 0.3 is 0 Å². The minimum Gasteiger partial charge on any atom is -0.384 e. The molecule has 0 aliphatic carbocycles. The normalized spacial score (nSPS) is 15.4. The Hall–Kier alpha value is -2.02. The standard InChI is InChI=1S/C22H26F2N2O2.ClH/c1-15-11-17(23)4-6-18(15)19-5-3-16(12-20(19)24)21(27)26-13-22(14-28-2)7-9-25-10-8-22;/h3-6,11-12,25H,7-10,13-14H2,1-2H3,(H,26,27);1H. The van der Waals surface area contributed by atoms with E-state index < -0.39 is 5.82 Å². The maximum absolute atomic E-state index is 14.7. The number of rotatable bonds is 6. The fourth-order valence-corrected chi connectivity index (χ4v) is 3.81. The largest absolute Gasteiger partial charge is 0.384 e. The van der Waals surface area contributed by atoms with Crippen molar-refractivity contribution >= 4 is 18.3 Å². The number of amides is 1. The molecule has 0 saturated carbocycles. The summed E-state index contributed by atoms with van der Waals surface area (Å²) in [7, 11) is 1.66. The van der Waals surface area contributed by atoms with E-state index in [4.69, 9.17) is 4.74 Å². The van der Waals surface area contributed by atoms with E-state index in [1.165, 1.54) is 18.2 Å². The van der Waals surface area contributed by atoms with Crippen LogP contribution in [0.15, 0.2) is 36.4 Å². The quantitative estimate of drug-likeness (QED) is 0.733. The molecule has 29 heavy (non-hydrogen) atoms. The summed E-state index contributed by atoms with van der Waals surface area (Å²) in [5.74, 6) is -1.17. The Morgan fingerprint density at radius 3 is 2.45 bits per heavy atom. The topological polar surface area (TPSA) is 50.4 Å². The van der Waals surface area contributed by atoms with Gasteiger partial charge in [0.1, 0.15) is 11.6 Å². The lowest BCUT2D eigenvalue weighted by molar-refractivity contribution is 0.0511. The molecule has 1 aliphatic heterocycles. The molecule has 0 spiro atoms. The fourth-order valence-electron chi connectivity index (χ4n) is 3.81. The van der Waals surface area contributed by atoms with Crippen molar-refractivity contribution in [1.82, 2.24) is 10.6 Å². The Balaban J connectivity index is 0.00000300. The third-order valence-corrected chi connectivity index (χ3v) is 5.45. The highest BCUT2D eigenvalue weighted by molar-refractivity contribution is 5.94. The zero-order valence-electron chi connectivity index (χ0n) is 16.7. The van der Waals surface area contributed by atoms with E-state index in [2.05, 4.69) is 10.6 Å². The van der Waals surface area contributed by atoms with Crippen LogP contribution in [0.2, 0.25) is 0 Å². The van der Waals surface area contributed by atoms with Crippen LogP contribution in [0.5, 0.6) is 0 Å². The van der Waals surface area contributed by atoms with Crippen LogP contribution in [0.4, 0.5) is 8.78 Å². The third kappa shape index (κ3) is 5.53. The number of nitrogens with one attached hydrogen (secondary N) is 2. The zero-order valence-corrected chi connectivity index (χ0v) is 17.5. The highest BCUT2D eigenvalue weighted by Crippen LogP contribution is 2.29. The molecule has 0 aromatic heterocycles. The SMILES string of the molecule is COCC1(CNC(=O)c2ccc(-c3ccc(F)cc3C)c(F)c2)CCNCC1.Cl. The van der Waals surface area contributed by atoms with E-state index in [0.29, 0.717) is 29.8 Å². The number of hydrogen-bond acceptors (Lipinski definition) is 3. The fraction of sp³-hybridized carbons (Fsp3) is 0.409. The molecule has 0 radical (unpaired) electrons. The molecule has 4 nitrogen and oxygen atoms in total. The zero-order chi connectivity index (χ0) is 20.1. The minimum atomic E-state index is -0.504. The Morgan fingerprint density at radius 2 is 1.83 bits per heavy atom. The molecule has 1 heterocycles. The molecule has 0 bridgehead atoms. The predicted octanol–water partition coefficient (Wildman–Crippen LogP) is 4.11. The molecule has 2 N–H and O–H groups in total. The summed E-state index contributed by atoms with van der Waals surface area (Å²) in [6, 6.07) is 8.62. The van der Waals surface area contributed by atoms with Crippen LogP contribution in [-0.4, -0.2) is 39.3 Å². The van der Waals surface area contributed by atoms with E-state index in [1.54, 1.807) is 32.2 Å². The summed E-state index contributed by atoms with van der Waals surface area (Å²) in [6.07, 6.45) is 1.83. The molecule has 2 aromatic carbocycles. The average Bonchev–Trinajstić information content (AvgIpc) is 2.68. The maximum Gasteiger partial charge on any atom is 0.251 e. The second-order valence-electron chi connectivity index (χ2n) is 7.52. The smallest absolute Gasteiger partial charge is 0.251 e. The van der Waals surface area contributed by atoms with Gasteiger partial charge in [0.15, 0.2) is 0 Å². The molecule has 2 aromatic rings. The van der Waals surface area contributed by atoms with Gasteiger partial charge in [-0.1, -0.05) is 12.1 Å². The second kappa shape index (κ2) is 10.1. The average molecular weight is 425 g/mol. The first-order chi connectivity index (χ1) is 13.4. The molecule has 1 aliphatic rings. The number of halogens is 3. The summed E-state index contributed by atoms with van der Waals surface area (Å²) in [6.45, 7) is 4.57. The summed E-state index contributed by atoms with van der Waals surface area (Å²) in [4.78, 5) is 12.6. The van der Waals surface area contributed by atoms with Crippen molar-refractivity contribution in [2.24, 2.45) is 5.41 Å². The Labute approximate surface area is 176 Å². The highest BCUT2D eigenvalue weighted by Gasteiger charge is 2.32. The van der Waals surface area contributed by atoms with Crippen LogP contribution < -0.4 is 10.6 Å². The van der Waals surface area contributed by atoms with Crippen molar-refractivity contribution < 1.29 is 18.3 Å². The minimum absolute atomic E-state index is 0. The molecule has 1 fully saturated rings. The van der Waals surface area contributed by atoms with Crippen LogP contribution in [-0.2, 0) is 4.74 Å². The first kappa shape index (κ1) is 23.3. The first-order valence-electron chi connectivity index (χ1n) is 9.48. The predicted molar refractivity (Wildman–Crippen MR) is 113 cm³/mol. The number of carbonyl (C=O) groups is 1. The van der Waals surface area contributed by atoms with E-state index in [9.17, 15) is 13.6 Å². The molecule has 0 atom stereocenters. The van der Waals surface area contributed by atoms with Crippen LogP contribution in [0.25, 0.3) is 11.1 Å². The van der Waals surface area contributed by atoms with Gasteiger partial charge in [-0.05, 0) is 68.2 Å². The number of aryl methyl sites for hydroxylation is 1. The van der Waals surface area contributed by atoms with Gasteiger partial charge < -0.3 is 15.4 Å². The van der Waals surface area contributed by atoms with Crippen molar-refractivity contribution in [2.45, 2.75) is 19.8 Å². The number of ether oxygens (including phenoxy) is 1. The number of methoxy groups -OCH3 is 1. The van der Waals surface area contributed by atoms with Gasteiger partial charge in [-0.2, -0.15) is 0 Å². The third-order valence-electron chi connectivity index (χ3n) is 5.45. The van der Waals surface area contributed by atoms with Gasteiger partial charge in [0.25, 0.3) is 5.91 Å². The first-order valence-corrected chi connectivity index (χ1v) is 9.48. The van der Waals surface area contributed by atoms with Crippen molar-refractivity contribution in [2.75, 3.05) is 33.4 Å². The maximum atomic E-state index is 14.7. The van der Waals surface area contributed by atoms with Gasteiger partial charge in [-0.3, -0.25) is 4.79 Å². The summed E-state index contributed by atoms with van der Waals surface area (Å²) in [5.41, 5.74) is 1.77. The summed E-state index contributed by atoms with van der Waals surface area (Å²) < 4.78 is 33.3. The molecule has 158 valence electrons. The summed E-state index contributed by atoms with van der Waals surface area (Å²) in [5, 5.41) is 6.25. The van der Waals surface area contributed by atoms with Gasteiger partial charge in [-0.15, -0.1) is 12.4 Å². The van der Waals surface area contributed by atoms with Gasteiger partial charge in [0.05, 0.1) is 6.61 Å². The van der Waals surface area contributed by atoms with E-state index in [0.717, 1.165) is 25.9 Å². The number of piperidine rings is 1. The lowest BCUT2D eigenvalue weighted by Gasteiger charge is -2.37. The number of hydrogen-bond donors (Lipinski definition) is 2. The van der Waals surface area contributed by atoms with Gasteiger partial charge in [0.2, 0.25) is 0 Å². The van der Waals surface area contributed by atoms with Crippen molar-refractivity contribution in [3.63, 3.8) is 0 Å². The number of carbonyl (C=O) groups excluding carboxylic acids is 1. The second-order valence-corrected chi connectivity index (χ2v) is 7.52. The Morgan fingerprint density at radius 1 is 1.14 bits per heavy atom.